The van der Waals surface area contributed by atoms with Crippen LogP contribution in [0.15, 0.2) is 28.4 Å². The summed E-state index contributed by atoms with van der Waals surface area (Å²) in [5, 5.41) is 2.66. The summed E-state index contributed by atoms with van der Waals surface area (Å²) in [4.78, 5) is 12.0. The minimum Gasteiger partial charge on any atom is -0.330 e. The van der Waals surface area contributed by atoms with Crippen molar-refractivity contribution in [3.8, 4) is 11.3 Å². The molecule has 0 atom stereocenters. The number of hydrogen-bond donors (Lipinski definition) is 1. The summed E-state index contributed by atoms with van der Waals surface area (Å²) in [5.41, 5.74) is 8.51. The molecule has 2 rings (SSSR count). The molecule has 0 spiro atoms. The number of unbranched alkanes of at least 4 members (excludes halogenated alkanes) is 1. The minimum absolute atomic E-state index is 0.0830. The Morgan fingerprint density at radius 2 is 2.16 bits per heavy atom. The predicted molar refractivity (Wildman–Crippen MR) is 82.1 cm³/mol. The Morgan fingerprint density at radius 1 is 1.37 bits per heavy atom. The van der Waals surface area contributed by atoms with Gasteiger partial charge in [0.15, 0.2) is 0 Å². The molecular formula is C14H17ClN2OS. The average molecular weight is 297 g/mol. The number of hydrogen-bond acceptors (Lipinski definition) is 3. The smallest absolute Gasteiger partial charge is 0.307 e. The highest BCUT2D eigenvalue weighted by Crippen LogP contribution is 2.25. The fourth-order valence-electron chi connectivity index (χ4n) is 1.99. The number of benzene rings is 1. The molecule has 1 aromatic heterocycles. The van der Waals surface area contributed by atoms with Crippen LogP contribution in [0.3, 0.4) is 0 Å². The molecule has 0 amide bonds. The van der Waals surface area contributed by atoms with E-state index in [0.29, 0.717) is 6.54 Å². The minimum atomic E-state index is 0.0830. The van der Waals surface area contributed by atoms with Crippen molar-refractivity contribution in [1.82, 2.24) is 4.57 Å². The van der Waals surface area contributed by atoms with Gasteiger partial charge in [0.25, 0.3) is 0 Å². The summed E-state index contributed by atoms with van der Waals surface area (Å²) in [6.07, 6.45) is 1.86. The van der Waals surface area contributed by atoms with E-state index < -0.39 is 0 Å². The third-order valence-electron chi connectivity index (χ3n) is 3.07. The molecule has 5 heteroatoms. The van der Waals surface area contributed by atoms with Crippen molar-refractivity contribution in [3.63, 3.8) is 0 Å². The zero-order valence-electron chi connectivity index (χ0n) is 10.9. The molecule has 0 radical (unpaired) electrons. The van der Waals surface area contributed by atoms with E-state index >= 15 is 0 Å². The molecule has 0 saturated heterocycles. The lowest BCUT2D eigenvalue weighted by atomic mass is 10.1. The Morgan fingerprint density at radius 3 is 2.84 bits per heavy atom. The van der Waals surface area contributed by atoms with Crippen LogP contribution >= 0.6 is 22.9 Å². The summed E-state index contributed by atoms with van der Waals surface area (Å²) in [6, 6.07) is 5.85. The largest absolute Gasteiger partial charge is 0.330 e. The van der Waals surface area contributed by atoms with Crippen molar-refractivity contribution in [2.45, 2.75) is 26.3 Å². The van der Waals surface area contributed by atoms with E-state index in [0.717, 1.165) is 41.2 Å². The van der Waals surface area contributed by atoms with Crippen LogP contribution in [0.1, 0.15) is 18.4 Å². The molecule has 0 unspecified atom stereocenters. The highest BCUT2D eigenvalue weighted by atomic mass is 35.5. The third kappa shape index (κ3) is 3.26. The molecule has 0 bridgehead atoms. The topological polar surface area (TPSA) is 48.0 Å². The molecule has 0 saturated carbocycles. The molecule has 19 heavy (non-hydrogen) atoms. The zero-order valence-corrected chi connectivity index (χ0v) is 12.4. The first kappa shape index (κ1) is 14.3. The predicted octanol–water partition coefficient (Wildman–Crippen LogP) is 3.28. The average Bonchev–Trinajstić information content (AvgIpc) is 2.75. The highest BCUT2D eigenvalue weighted by Gasteiger charge is 2.09. The maximum Gasteiger partial charge on any atom is 0.307 e. The van der Waals surface area contributed by atoms with E-state index in [1.54, 1.807) is 0 Å². The van der Waals surface area contributed by atoms with E-state index in [1.807, 2.05) is 35.1 Å². The van der Waals surface area contributed by atoms with Crippen LogP contribution in [0.2, 0.25) is 5.02 Å². The second-order valence-electron chi connectivity index (χ2n) is 4.50. The van der Waals surface area contributed by atoms with E-state index in [1.165, 1.54) is 11.3 Å². The molecule has 2 aromatic rings. The van der Waals surface area contributed by atoms with Crippen molar-refractivity contribution in [2.24, 2.45) is 5.73 Å². The standard InChI is InChI=1S/C14H17ClN2OS/c1-10-8-11(4-5-12(10)15)13-9-19-14(18)17(13)7-3-2-6-16/h4-5,8-9H,2-3,6-7,16H2,1H3. The van der Waals surface area contributed by atoms with E-state index in [4.69, 9.17) is 17.3 Å². The summed E-state index contributed by atoms with van der Waals surface area (Å²) in [6.45, 7) is 3.35. The molecule has 0 aliphatic rings. The highest BCUT2D eigenvalue weighted by molar-refractivity contribution is 7.07. The van der Waals surface area contributed by atoms with Crippen LogP contribution in [-0.4, -0.2) is 11.1 Å². The van der Waals surface area contributed by atoms with Gasteiger partial charge in [-0.05, 0) is 49.6 Å². The van der Waals surface area contributed by atoms with E-state index in [-0.39, 0.29) is 4.87 Å². The molecule has 0 fully saturated rings. The SMILES string of the molecule is Cc1cc(-c2csc(=O)n2CCCCN)ccc1Cl. The normalized spacial score (nSPS) is 10.9. The number of nitrogens with two attached hydrogens (primary N) is 1. The van der Waals surface area contributed by atoms with Gasteiger partial charge in [0.05, 0.1) is 5.69 Å². The van der Waals surface area contributed by atoms with Gasteiger partial charge in [-0.25, -0.2) is 0 Å². The Hall–Kier alpha value is -1.10. The number of nitrogens with zero attached hydrogens (tertiary/aromatic N) is 1. The third-order valence-corrected chi connectivity index (χ3v) is 4.26. The van der Waals surface area contributed by atoms with Crippen LogP contribution in [0.5, 0.6) is 0 Å². The Balaban J connectivity index is 2.33. The fraction of sp³-hybridized carbons (Fsp3) is 0.357. The lowest BCUT2D eigenvalue weighted by molar-refractivity contribution is 0.612. The second kappa shape index (κ2) is 6.37. The maximum absolute atomic E-state index is 11.9. The molecule has 1 heterocycles. The zero-order chi connectivity index (χ0) is 13.8. The van der Waals surface area contributed by atoms with Crippen molar-refractivity contribution < 1.29 is 0 Å². The Labute approximate surface area is 121 Å². The quantitative estimate of drug-likeness (QED) is 0.861. The van der Waals surface area contributed by atoms with Gasteiger partial charge in [-0.1, -0.05) is 29.0 Å². The lowest BCUT2D eigenvalue weighted by Crippen LogP contribution is -2.15. The van der Waals surface area contributed by atoms with Gasteiger partial charge in [0.1, 0.15) is 0 Å². The van der Waals surface area contributed by atoms with Crippen molar-refractivity contribution in [3.05, 3.63) is 43.8 Å². The lowest BCUT2D eigenvalue weighted by Gasteiger charge is -2.08. The summed E-state index contributed by atoms with van der Waals surface area (Å²) >= 11 is 7.27. The first-order chi connectivity index (χ1) is 9.13. The Bertz CT molecular complexity index is 618. The van der Waals surface area contributed by atoms with E-state index in [9.17, 15) is 4.79 Å². The molecule has 0 aliphatic carbocycles. The van der Waals surface area contributed by atoms with E-state index in [2.05, 4.69) is 0 Å². The molecule has 3 nitrogen and oxygen atoms in total. The number of aryl methyl sites for hydroxylation is 1. The van der Waals surface area contributed by atoms with Gasteiger partial charge < -0.3 is 5.73 Å². The van der Waals surface area contributed by atoms with Crippen LogP contribution < -0.4 is 10.6 Å². The molecule has 2 N–H and O–H groups in total. The van der Waals surface area contributed by atoms with Crippen LogP contribution in [0, 0.1) is 6.92 Å². The van der Waals surface area contributed by atoms with Crippen molar-refractivity contribution in [2.75, 3.05) is 6.54 Å². The van der Waals surface area contributed by atoms with Gasteiger partial charge in [-0.15, -0.1) is 0 Å². The van der Waals surface area contributed by atoms with Gasteiger partial charge in [0.2, 0.25) is 0 Å². The van der Waals surface area contributed by atoms with Crippen LogP contribution in [-0.2, 0) is 6.54 Å². The number of rotatable bonds is 5. The molecule has 102 valence electrons. The number of aromatic nitrogens is 1. The number of thiazole rings is 1. The maximum atomic E-state index is 11.9. The second-order valence-corrected chi connectivity index (χ2v) is 5.73. The van der Waals surface area contributed by atoms with Crippen LogP contribution in [0.4, 0.5) is 0 Å². The van der Waals surface area contributed by atoms with Gasteiger partial charge >= 0.3 is 4.87 Å². The van der Waals surface area contributed by atoms with Gasteiger partial charge in [-0.2, -0.15) is 0 Å². The van der Waals surface area contributed by atoms with Gasteiger partial charge in [-0.3, -0.25) is 9.36 Å². The van der Waals surface area contributed by atoms with Crippen molar-refractivity contribution >= 4 is 22.9 Å². The van der Waals surface area contributed by atoms with Crippen LogP contribution in [0.25, 0.3) is 11.3 Å². The van der Waals surface area contributed by atoms with Gasteiger partial charge in [0, 0.05) is 16.9 Å². The molecule has 1 aromatic carbocycles. The Kier molecular flexibility index (Phi) is 4.80. The molecular weight excluding hydrogens is 280 g/mol. The monoisotopic (exact) mass is 296 g/mol. The first-order valence-corrected chi connectivity index (χ1v) is 7.54. The first-order valence-electron chi connectivity index (χ1n) is 6.28. The summed E-state index contributed by atoms with van der Waals surface area (Å²) in [5.74, 6) is 0. The number of halogens is 1. The van der Waals surface area contributed by atoms with Crippen molar-refractivity contribution in [1.29, 1.82) is 0 Å². The fourth-order valence-corrected chi connectivity index (χ4v) is 2.90. The molecule has 0 aliphatic heterocycles. The summed E-state index contributed by atoms with van der Waals surface area (Å²) < 4.78 is 1.82. The summed E-state index contributed by atoms with van der Waals surface area (Å²) in [7, 11) is 0.